The average Bonchev–Trinajstić information content (AvgIpc) is 2.32. The van der Waals surface area contributed by atoms with E-state index in [4.69, 9.17) is 0 Å². The third kappa shape index (κ3) is 2.86. The molecule has 0 N–H and O–H groups in total. The van der Waals surface area contributed by atoms with Crippen molar-refractivity contribution in [2.45, 2.75) is 24.5 Å². The van der Waals surface area contributed by atoms with Gasteiger partial charge in [0.2, 0.25) is 0 Å². The normalized spacial score (nSPS) is 10.4. The van der Waals surface area contributed by atoms with E-state index in [2.05, 4.69) is 43.1 Å². The van der Waals surface area contributed by atoms with Crippen molar-refractivity contribution >= 4 is 11.8 Å². The summed E-state index contributed by atoms with van der Waals surface area (Å²) >= 11 is 1.85. The number of hydrogen-bond acceptors (Lipinski definition) is 2. The summed E-state index contributed by atoms with van der Waals surface area (Å²) in [5.74, 6) is 0.936. The summed E-state index contributed by atoms with van der Waals surface area (Å²) < 4.78 is 0. The Morgan fingerprint density at radius 3 is 2.75 bits per heavy atom. The molecule has 1 aromatic carbocycles. The Hall–Kier alpha value is -1.28. The number of aromatic nitrogens is 1. The van der Waals surface area contributed by atoms with Crippen molar-refractivity contribution in [3.05, 3.63) is 59.4 Å². The van der Waals surface area contributed by atoms with Gasteiger partial charge in [0.1, 0.15) is 0 Å². The van der Waals surface area contributed by atoms with Crippen LogP contribution in [0, 0.1) is 13.8 Å². The minimum Gasteiger partial charge on any atom is -0.260 e. The van der Waals surface area contributed by atoms with Crippen LogP contribution in [0.1, 0.15) is 16.8 Å². The van der Waals surface area contributed by atoms with Crippen LogP contribution in [0.15, 0.2) is 47.5 Å². The lowest BCUT2D eigenvalue weighted by Crippen LogP contribution is -1.86. The standard InChI is InChI=1S/C14H15NS/c1-11-6-7-12(2)14(9-11)16-10-13-5-3-4-8-15-13/h3-9H,10H2,1-2H3. The van der Waals surface area contributed by atoms with E-state index in [9.17, 15) is 0 Å². The highest BCUT2D eigenvalue weighted by Crippen LogP contribution is 2.26. The Morgan fingerprint density at radius 1 is 1.12 bits per heavy atom. The van der Waals surface area contributed by atoms with Crippen molar-refractivity contribution in [3.63, 3.8) is 0 Å². The van der Waals surface area contributed by atoms with Crippen LogP contribution in [-0.2, 0) is 5.75 Å². The first kappa shape index (κ1) is 11.2. The minimum absolute atomic E-state index is 0.936. The first-order valence-electron chi connectivity index (χ1n) is 5.35. The van der Waals surface area contributed by atoms with Gasteiger partial charge < -0.3 is 0 Å². The Labute approximate surface area is 101 Å². The first-order valence-corrected chi connectivity index (χ1v) is 6.34. The molecule has 1 aromatic heterocycles. The molecule has 2 heteroatoms. The van der Waals surface area contributed by atoms with E-state index >= 15 is 0 Å². The van der Waals surface area contributed by atoms with Crippen molar-refractivity contribution in [3.8, 4) is 0 Å². The molecule has 0 unspecified atom stereocenters. The van der Waals surface area contributed by atoms with Gasteiger partial charge in [-0.05, 0) is 37.6 Å². The SMILES string of the molecule is Cc1ccc(C)c(SCc2ccccn2)c1. The Morgan fingerprint density at radius 2 is 2.00 bits per heavy atom. The van der Waals surface area contributed by atoms with Gasteiger partial charge in [0.05, 0.1) is 5.69 Å². The number of pyridine rings is 1. The van der Waals surface area contributed by atoms with Gasteiger partial charge in [-0.25, -0.2) is 0 Å². The van der Waals surface area contributed by atoms with Crippen molar-refractivity contribution in [1.82, 2.24) is 4.98 Å². The highest BCUT2D eigenvalue weighted by atomic mass is 32.2. The molecular weight excluding hydrogens is 214 g/mol. The fourth-order valence-electron chi connectivity index (χ4n) is 1.50. The molecule has 0 fully saturated rings. The smallest absolute Gasteiger partial charge is 0.0506 e. The monoisotopic (exact) mass is 229 g/mol. The molecule has 1 nitrogen and oxygen atoms in total. The van der Waals surface area contributed by atoms with E-state index in [-0.39, 0.29) is 0 Å². The molecule has 1 heterocycles. The fraction of sp³-hybridized carbons (Fsp3) is 0.214. The average molecular weight is 229 g/mol. The molecule has 0 aliphatic heterocycles. The number of nitrogens with zero attached hydrogens (tertiary/aromatic N) is 1. The second kappa shape index (κ2) is 5.17. The van der Waals surface area contributed by atoms with Crippen LogP contribution >= 0.6 is 11.8 Å². The van der Waals surface area contributed by atoms with Crippen molar-refractivity contribution < 1.29 is 0 Å². The summed E-state index contributed by atoms with van der Waals surface area (Å²) in [5.41, 5.74) is 3.79. The van der Waals surface area contributed by atoms with E-state index in [1.165, 1.54) is 16.0 Å². The molecule has 0 saturated carbocycles. The van der Waals surface area contributed by atoms with Crippen molar-refractivity contribution in [1.29, 1.82) is 0 Å². The summed E-state index contributed by atoms with van der Waals surface area (Å²) in [5, 5.41) is 0. The van der Waals surface area contributed by atoms with Gasteiger partial charge in [-0.3, -0.25) is 4.98 Å². The van der Waals surface area contributed by atoms with E-state index in [1.807, 2.05) is 30.1 Å². The highest BCUT2D eigenvalue weighted by Gasteiger charge is 2.00. The summed E-state index contributed by atoms with van der Waals surface area (Å²) in [6, 6.07) is 12.6. The summed E-state index contributed by atoms with van der Waals surface area (Å²) in [6.07, 6.45) is 1.85. The van der Waals surface area contributed by atoms with Crippen LogP contribution in [-0.4, -0.2) is 4.98 Å². The lowest BCUT2D eigenvalue weighted by Gasteiger charge is -2.06. The summed E-state index contributed by atoms with van der Waals surface area (Å²) in [6.45, 7) is 4.28. The van der Waals surface area contributed by atoms with Gasteiger partial charge in [0.25, 0.3) is 0 Å². The Kier molecular flexibility index (Phi) is 3.62. The Balaban J connectivity index is 2.08. The number of aryl methyl sites for hydroxylation is 2. The molecule has 0 atom stereocenters. The topological polar surface area (TPSA) is 12.9 Å². The molecule has 0 saturated heterocycles. The number of thioether (sulfide) groups is 1. The van der Waals surface area contributed by atoms with E-state index < -0.39 is 0 Å². The van der Waals surface area contributed by atoms with Gasteiger partial charge in [-0.2, -0.15) is 0 Å². The zero-order valence-corrected chi connectivity index (χ0v) is 10.4. The predicted octanol–water partition coefficient (Wildman–Crippen LogP) is 3.99. The number of benzene rings is 1. The second-order valence-corrected chi connectivity index (χ2v) is 4.90. The molecule has 16 heavy (non-hydrogen) atoms. The maximum absolute atomic E-state index is 4.33. The second-order valence-electron chi connectivity index (χ2n) is 3.88. The summed E-state index contributed by atoms with van der Waals surface area (Å²) in [4.78, 5) is 5.68. The van der Waals surface area contributed by atoms with Crippen LogP contribution in [0.2, 0.25) is 0 Å². The lowest BCUT2D eigenvalue weighted by atomic mass is 10.2. The van der Waals surface area contributed by atoms with Crippen LogP contribution < -0.4 is 0 Å². The van der Waals surface area contributed by atoms with Crippen LogP contribution in [0.4, 0.5) is 0 Å². The Bertz CT molecular complexity index is 465. The predicted molar refractivity (Wildman–Crippen MR) is 69.7 cm³/mol. The number of hydrogen-bond donors (Lipinski definition) is 0. The van der Waals surface area contributed by atoms with E-state index in [0.717, 1.165) is 11.4 Å². The van der Waals surface area contributed by atoms with Crippen molar-refractivity contribution in [2.75, 3.05) is 0 Å². The summed E-state index contributed by atoms with van der Waals surface area (Å²) in [7, 11) is 0. The molecule has 0 bridgehead atoms. The van der Waals surface area contributed by atoms with Crippen molar-refractivity contribution in [2.24, 2.45) is 0 Å². The maximum atomic E-state index is 4.33. The fourth-order valence-corrected chi connectivity index (χ4v) is 2.54. The van der Waals surface area contributed by atoms with E-state index in [1.54, 1.807) is 0 Å². The molecule has 0 spiro atoms. The van der Waals surface area contributed by atoms with Crippen LogP contribution in [0.5, 0.6) is 0 Å². The highest BCUT2D eigenvalue weighted by molar-refractivity contribution is 7.98. The van der Waals surface area contributed by atoms with Gasteiger partial charge in [-0.1, -0.05) is 23.8 Å². The zero-order valence-electron chi connectivity index (χ0n) is 9.60. The van der Waals surface area contributed by atoms with Gasteiger partial charge in [0, 0.05) is 16.8 Å². The molecule has 0 amide bonds. The minimum atomic E-state index is 0.936. The van der Waals surface area contributed by atoms with Gasteiger partial charge >= 0.3 is 0 Å². The van der Waals surface area contributed by atoms with Crippen LogP contribution in [0.3, 0.4) is 0 Å². The zero-order chi connectivity index (χ0) is 11.4. The number of rotatable bonds is 3. The third-order valence-corrected chi connectivity index (χ3v) is 3.64. The quantitative estimate of drug-likeness (QED) is 0.738. The molecule has 0 radical (unpaired) electrons. The molecule has 0 aliphatic rings. The lowest BCUT2D eigenvalue weighted by molar-refractivity contribution is 1.17. The largest absolute Gasteiger partial charge is 0.260 e. The first-order chi connectivity index (χ1) is 7.75. The molecule has 2 aromatic rings. The molecule has 82 valence electrons. The van der Waals surface area contributed by atoms with Crippen LogP contribution in [0.25, 0.3) is 0 Å². The molecule has 0 aliphatic carbocycles. The third-order valence-electron chi connectivity index (χ3n) is 2.45. The van der Waals surface area contributed by atoms with Gasteiger partial charge in [-0.15, -0.1) is 11.8 Å². The van der Waals surface area contributed by atoms with E-state index in [0.29, 0.717) is 0 Å². The molecule has 2 rings (SSSR count). The van der Waals surface area contributed by atoms with Gasteiger partial charge in [0.15, 0.2) is 0 Å². The molecular formula is C14H15NS. The maximum Gasteiger partial charge on any atom is 0.0506 e.